The summed E-state index contributed by atoms with van der Waals surface area (Å²) >= 11 is 0. The van der Waals surface area contributed by atoms with Gasteiger partial charge in [0.05, 0.1) is 19.1 Å². The quantitative estimate of drug-likeness (QED) is 0.265. The van der Waals surface area contributed by atoms with Crippen molar-refractivity contribution < 1.29 is 17.9 Å². The lowest BCUT2D eigenvalue weighted by molar-refractivity contribution is 0.129. The highest BCUT2D eigenvalue weighted by atomic mass is 35.5. The summed E-state index contributed by atoms with van der Waals surface area (Å²) in [7, 11) is 1.08. The fourth-order valence-corrected chi connectivity index (χ4v) is 8.00. The standard InChI is InChI=1S/C31H39N5O4S.ClH/c1-33-27-9-5-4-8-25(27)26-22-24(10-11-28(26)33)41(37,38)36(29-12-13-30(39-2)32-31(29)40-3)21-20-34-18-14-23(15-19-34)35-16-6-7-17-35;/h4-5,8-13,22-23H,6-7,14-21H2,1-3H3;1H. The maximum atomic E-state index is 14.4. The highest BCUT2D eigenvalue weighted by Crippen LogP contribution is 2.35. The third-order valence-electron chi connectivity index (χ3n) is 8.79. The summed E-state index contributed by atoms with van der Waals surface area (Å²) in [6, 6.07) is 17.5. The third kappa shape index (κ3) is 5.65. The summed E-state index contributed by atoms with van der Waals surface area (Å²) in [5.41, 5.74) is 2.45. The number of nitrogens with zero attached hydrogens (tertiary/aromatic N) is 5. The molecule has 0 saturated carbocycles. The van der Waals surface area contributed by atoms with Crippen LogP contribution in [-0.2, 0) is 17.1 Å². The number of anilines is 1. The van der Waals surface area contributed by atoms with E-state index in [0.29, 0.717) is 24.2 Å². The van der Waals surface area contributed by atoms with Crippen molar-refractivity contribution in [2.24, 2.45) is 7.05 Å². The SMILES string of the molecule is COc1ccc(N(CCN2CCC(N3CCCC3)CC2)S(=O)(=O)c2ccc3c(c2)c2ccccc2n3C)c(OC)n1.Cl. The second kappa shape index (κ2) is 12.7. The lowest BCUT2D eigenvalue weighted by Crippen LogP contribution is -2.46. The fourth-order valence-electron chi connectivity index (χ4n) is 6.52. The van der Waals surface area contributed by atoms with Crippen LogP contribution in [0.5, 0.6) is 11.8 Å². The number of likely N-dealkylation sites (tertiary alicyclic amines) is 2. The molecular formula is C31H40ClN5O4S. The number of sulfonamides is 1. The van der Waals surface area contributed by atoms with Crippen molar-refractivity contribution in [3.8, 4) is 11.8 Å². The summed E-state index contributed by atoms with van der Waals surface area (Å²) in [6.45, 7) is 5.26. The molecule has 0 aliphatic carbocycles. The highest BCUT2D eigenvalue weighted by molar-refractivity contribution is 7.92. The molecule has 0 amide bonds. The number of aryl methyl sites for hydroxylation is 1. The molecule has 2 fully saturated rings. The van der Waals surface area contributed by atoms with Gasteiger partial charge in [0.2, 0.25) is 11.8 Å². The molecule has 9 nitrogen and oxygen atoms in total. The van der Waals surface area contributed by atoms with E-state index in [-0.39, 0.29) is 29.7 Å². The van der Waals surface area contributed by atoms with Gasteiger partial charge in [-0.2, -0.15) is 4.98 Å². The van der Waals surface area contributed by atoms with Crippen LogP contribution in [0.1, 0.15) is 25.7 Å². The smallest absolute Gasteiger partial charge is 0.264 e. The van der Waals surface area contributed by atoms with E-state index < -0.39 is 10.0 Å². The Labute approximate surface area is 254 Å². The summed E-state index contributed by atoms with van der Waals surface area (Å²) in [6.07, 6.45) is 4.85. The zero-order valence-electron chi connectivity index (χ0n) is 24.5. The maximum Gasteiger partial charge on any atom is 0.264 e. The molecule has 4 aromatic rings. The van der Waals surface area contributed by atoms with E-state index in [0.717, 1.165) is 47.7 Å². The number of pyridine rings is 1. The minimum Gasteiger partial charge on any atom is -0.481 e. The second-order valence-corrected chi connectivity index (χ2v) is 12.9. The monoisotopic (exact) mass is 613 g/mol. The fraction of sp³-hybridized carbons (Fsp3) is 0.452. The molecule has 0 unspecified atom stereocenters. The molecule has 0 atom stereocenters. The molecule has 6 rings (SSSR count). The van der Waals surface area contributed by atoms with E-state index in [1.807, 2.05) is 31.3 Å². The van der Waals surface area contributed by atoms with Gasteiger partial charge in [0.15, 0.2) is 0 Å². The Kier molecular flexibility index (Phi) is 9.17. The molecule has 0 bridgehead atoms. The first-order chi connectivity index (χ1) is 19.9. The van der Waals surface area contributed by atoms with Crippen molar-refractivity contribution in [2.75, 3.05) is 57.8 Å². The van der Waals surface area contributed by atoms with Crippen LogP contribution in [-0.4, -0.2) is 87.3 Å². The molecule has 42 heavy (non-hydrogen) atoms. The maximum absolute atomic E-state index is 14.4. The number of fused-ring (bicyclic) bond motifs is 3. The first-order valence-electron chi connectivity index (χ1n) is 14.5. The molecule has 4 heterocycles. The second-order valence-electron chi connectivity index (χ2n) is 11.0. The molecule has 0 radical (unpaired) electrons. The Morgan fingerprint density at radius 2 is 1.62 bits per heavy atom. The first kappa shape index (κ1) is 30.4. The Morgan fingerprint density at radius 3 is 2.33 bits per heavy atom. The minimum atomic E-state index is -3.95. The van der Waals surface area contributed by atoms with Gasteiger partial charge in [-0.25, -0.2) is 8.42 Å². The topological polar surface area (TPSA) is 80.1 Å². The average molecular weight is 614 g/mol. The van der Waals surface area contributed by atoms with Gasteiger partial charge in [-0.1, -0.05) is 18.2 Å². The molecular weight excluding hydrogens is 574 g/mol. The number of halogens is 1. The van der Waals surface area contributed by atoms with Crippen LogP contribution in [0, 0.1) is 0 Å². The molecule has 2 aliphatic heterocycles. The number of methoxy groups -OCH3 is 2. The number of para-hydroxylation sites is 1. The third-order valence-corrected chi connectivity index (χ3v) is 10.6. The first-order valence-corrected chi connectivity index (χ1v) is 15.9. The van der Waals surface area contributed by atoms with Crippen LogP contribution >= 0.6 is 12.4 Å². The van der Waals surface area contributed by atoms with E-state index in [1.54, 1.807) is 24.3 Å². The van der Waals surface area contributed by atoms with Gasteiger partial charge >= 0.3 is 0 Å². The van der Waals surface area contributed by atoms with Gasteiger partial charge in [0.25, 0.3) is 10.0 Å². The van der Waals surface area contributed by atoms with Gasteiger partial charge in [-0.15, -0.1) is 12.4 Å². The van der Waals surface area contributed by atoms with Crippen LogP contribution < -0.4 is 13.8 Å². The molecule has 2 aromatic carbocycles. The summed E-state index contributed by atoms with van der Waals surface area (Å²) in [5.74, 6) is 0.580. The molecule has 11 heteroatoms. The van der Waals surface area contributed by atoms with Gasteiger partial charge in [-0.3, -0.25) is 4.31 Å². The lowest BCUT2D eigenvalue weighted by atomic mass is 10.0. The lowest BCUT2D eigenvalue weighted by Gasteiger charge is -2.37. The zero-order chi connectivity index (χ0) is 28.6. The number of aromatic nitrogens is 2. The van der Waals surface area contributed by atoms with Crippen molar-refractivity contribution in [1.82, 2.24) is 19.4 Å². The Bertz CT molecular complexity index is 1650. The Hall–Kier alpha value is -3.05. The van der Waals surface area contributed by atoms with Gasteiger partial charge in [-0.05, 0) is 82.2 Å². The van der Waals surface area contributed by atoms with Gasteiger partial charge < -0.3 is 23.8 Å². The highest BCUT2D eigenvalue weighted by Gasteiger charge is 2.31. The number of piperidine rings is 1. The van der Waals surface area contributed by atoms with E-state index in [9.17, 15) is 8.42 Å². The van der Waals surface area contributed by atoms with Crippen molar-refractivity contribution in [3.05, 3.63) is 54.6 Å². The molecule has 226 valence electrons. The average Bonchev–Trinajstić information content (AvgIpc) is 3.65. The van der Waals surface area contributed by atoms with Crippen LogP contribution in [0.4, 0.5) is 5.69 Å². The van der Waals surface area contributed by atoms with Crippen molar-refractivity contribution in [2.45, 2.75) is 36.6 Å². The normalized spacial score (nSPS) is 17.0. The zero-order valence-corrected chi connectivity index (χ0v) is 26.2. The number of rotatable bonds is 9. The van der Waals surface area contributed by atoms with Crippen molar-refractivity contribution in [1.29, 1.82) is 0 Å². The van der Waals surface area contributed by atoms with E-state index in [4.69, 9.17) is 9.47 Å². The predicted octanol–water partition coefficient (Wildman–Crippen LogP) is 4.92. The number of ether oxygens (including phenoxy) is 2. The van der Waals surface area contributed by atoms with Crippen molar-refractivity contribution >= 4 is 49.9 Å². The van der Waals surface area contributed by atoms with Crippen LogP contribution in [0.3, 0.4) is 0 Å². The minimum absolute atomic E-state index is 0. The Morgan fingerprint density at radius 1 is 0.905 bits per heavy atom. The summed E-state index contributed by atoms with van der Waals surface area (Å²) < 4.78 is 43.3. The number of benzene rings is 2. The van der Waals surface area contributed by atoms with E-state index in [1.165, 1.54) is 44.5 Å². The summed E-state index contributed by atoms with van der Waals surface area (Å²) in [5, 5.41) is 1.94. The number of hydrogen-bond donors (Lipinski definition) is 0. The molecule has 2 aromatic heterocycles. The summed E-state index contributed by atoms with van der Waals surface area (Å²) in [4.78, 5) is 9.66. The van der Waals surface area contributed by atoms with Crippen molar-refractivity contribution in [3.63, 3.8) is 0 Å². The predicted molar refractivity (Wildman–Crippen MR) is 170 cm³/mol. The molecule has 0 spiro atoms. The van der Waals surface area contributed by atoms with Crippen LogP contribution in [0.15, 0.2) is 59.5 Å². The van der Waals surface area contributed by atoms with Crippen LogP contribution in [0.2, 0.25) is 0 Å². The van der Waals surface area contributed by atoms with Gasteiger partial charge in [0, 0.05) is 54.1 Å². The van der Waals surface area contributed by atoms with E-state index >= 15 is 0 Å². The van der Waals surface area contributed by atoms with Crippen LogP contribution in [0.25, 0.3) is 21.8 Å². The molecule has 2 aliphatic rings. The van der Waals surface area contributed by atoms with Gasteiger partial charge in [0.1, 0.15) is 5.69 Å². The number of hydrogen-bond acceptors (Lipinski definition) is 7. The molecule has 0 N–H and O–H groups in total. The Balaban J connectivity index is 0.00000353. The largest absolute Gasteiger partial charge is 0.481 e. The van der Waals surface area contributed by atoms with E-state index in [2.05, 4.69) is 25.4 Å². The molecule has 2 saturated heterocycles.